The first-order valence-electron chi connectivity index (χ1n) is 6.70. The average molecular weight is 266 g/mol. The van der Waals surface area contributed by atoms with Crippen molar-refractivity contribution in [3.63, 3.8) is 0 Å². The predicted octanol–water partition coefficient (Wildman–Crippen LogP) is 2.61. The van der Waals surface area contributed by atoms with Gasteiger partial charge in [-0.1, -0.05) is 20.3 Å². The minimum atomic E-state index is -0.353. The van der Waals surface area contributed by atoms with Crippen molar-refractivity contribution in [3.8, 4) is 0 Å². The molecular weight excluding hydrogens is 244 g/mol. The molecule has 0 bridgehead atoms. The van der Waals surface area contributed by atoms with Crippen LogP contribution in [-0.4, -0.2) is 22.9 Å². The molecule has 1 saturated carbocycles. The lowest BCUT2D eigenvalue weighted by molar-refractivity contribution is -0.135. The Balaban J connectivity index is 2.03. The second kappa shape index (κ2) is 5.85. The predicted molar refractivity (Wildman–Crippen MR) is 75.3 cm³/mol. The van der Waals surface area contributed by atoms with Gasteiger partial charge in [-0.25, -0.2) is 0 Å². The lowest BCUT2D eigenvalue weighted by Crippen LogP contribution is -2.47. The zero-order valence-corrected chi connectivity index (χ0v) is 12.0. The lowest BCUT2D eigenvalue weighted by Gasteiger charge is -2.28. The van der Waals surface area contributed by atoms with Gasteiger partial charge < -0.3 is 10.6 Å². The molecule has 1 amide bonds. The summed E-state index contributed by atoms with van der Waals surface area (Å²) in [5, 5.41) is 4.16. The fraction of sp³-hybridized carbons (Fsp3) is 0.643. The number of nitrogens with two attached hydrogens (primary N) is 1. The van der Waals surface area contributed by atoms with Crippen molar-refractivity contribution in [1.82, 2.24) is 4.90 Å². The second-order valence-corrected chi connectivity index (χ2v) is 6.02. The Bertz CT molecular complexity index is 387. The van der Waals surface area contributed by atoms with E-state index in [0.29, 0.717) is 6.04 Å². The van der Waals surface area contributed by atoms with Gasteiger partial charge in [0.05, 0.1) is 6.04 Å². The maximum atomic E-state index is 12.5. The van der Waals surface area contributed by atoms with Crippen molar-refractivity contribution in [2.24, 2.45) is 11.7 Å². The van der Waals surface area contributed by atoms with Crippen LogP contribution in [0.5, 0.6) is 0 Å². The van der Waals surface area contributed by atoms with Gasteiger partial charge in [-0.15, -0.1) is 0 Å². The third kappa shape index (κ3) is 3.12. The first-order chi connectivity index (χ1) is 8.63. The molecule has 2 unspecified atom stereocenters. The smallest absolute Gasteiger partial charge is 0.240 e. The Kier molecular flexibility index (Phi) is 4.40. The summed E-state index contributed by atoms with van der Waals surface area (Å²) in [6.45, 7) is 4.85. The second-order valence-electron chi connectivity index (χ2n) is 5.24. The minimum absolute atomic E-state index is 0.123. The molecule has 2 N–H and O–H groups in total. The summed E-state index contributed by atoms with van der Waals surface area (Å²) in [5.41, 5.74) is 7.30. The van der Waals surface area contributed by atoms with Crippen LogP contribution in [0.4, 0.5) is 0 Å². The normalized spacial score (nSPS) is 18.4. The van der Waals surface area contributed by atoms with Crippen LogP contribution in [0.2, 0.25) is 0 Å². The SMILES string of the molecule is CCC(C)C(N)C(=O)N(Cc1ccsc1)C1CC1. The quantitative estimate of drug-likeness (QED) is 0.860. The van der Waals surface area contributed by atoms with Crippen LogP contribution in [0.1, 0.15) is 38.7 Å². The molecule has 1 fully saturated rings. The number of carbonyl (C=O) groups excluding carboxylic acids is 1. The van der Waals surface area contributed by atoms with Gasteiger partial charge in [-0.3, -0.25) is 4.79 Å². The molecule has 0 saturated heterocycles. The van der Waals surface area contributed by atoms with E-state index >= 15 is 0 Å². The molecule has 1 aromatic heterocycles. The largest absolute Gasteiger partial charge is 0.334 e. The average Bonchev–Trinajstić information content (AvgIpc) is 3.10. The van der Waals surface area contributed by atoms with Gasteiger partial charge in [0.15, 0.2) is 0 Å². The fourth-order valence-electron chi connectivity index (χ4n) is 2.04. The van der Waals surface area contributed by atoms with Gasteiger partial charge in [-0.05, 0) is 41.1 Å². The van der Waals surface area contributed by atoms with E-state index < -0.39 is 0 Å². The Morgan fingerprint density at radius 1 is 1.61 bits per heavy atom. The molecule has 0 spiro atoms. The van der Waals surface area contributed by atoms with E-state index in [1.54, 1.807) is 11.3 Å². The molecule has 4 heteroatoms. The molecule has 1 aliphatic rings. The molecule has 1 aromatic rings. The van der Waals surface area contributed by atoms with Gasteiger partial charge in [0, 0.05) is 12.6 Å². The minimum Gasteiger partial charge on any atom is -0.334 e. The van der Waals surface area contributed by atoms with Crippen LogP contribution in [0.25, 0.3) is 0 Å². The van der Waals surface area contributed by atoms with E-state index in [1.165, 1.54) is 5.56 Å². The monoisotopic (exact) mass is 266 g/mol. The van der Waals surface area contributed by atoms with Crippen molar-refractivity contribution in [2.75, 3.05) is 0 Å². The van der Waals surface area contributed by atoms with Crippen LogP contribution in [0.15, 0.2) is 16.8 Å². The number of hydrogen-bond acceptors (Lipinski definition) is 3. The number of hydrogen-bond donors (Lipinski definition) is 1. The summed E-state index contributed by atoms with van der Waals surface area (Å²) >= 11 is 1.68. The summed E-state index contributed by atoms with van der Waals surface area (Å²) in [4.78, 5) is 14.4. The van der Waals surface area contributed by atoms with Gasteiger partial charge in [0.1, 0.15) is 0 Å². The number of amides is 1. The Hall–Kier alpha value is -0.870. The molecule has 2 rings (SSSR count). The molecule has 0 aliphatic heterocycles. The number of carbonyl (C=O) groups is 1. The fourth-order valence-corrected chi connectivity index (χ4v) is 2.70. The summed E-state index contributed by atoms with van der Waals surface area (Å²) in [7, 11) is 0. The Morgan fingerprint density at radius 3 is 2.83 bits per heavy atom. The first-order valence-corrected chi connectivity index (χ1v) is 7.65. The number of nitrogens with zero attached hydrogens (tertiary/aromatic N) is 1. The van der Waals surface area contributed by atoms with Crippen LogP contribution in [-0.2, 0) is 11.3 Å². The molecule has 3 nitrogen and oxygen atoms in total. The van der Waals surface area contributed by atoms with Crippen LogP contribution >= 0.6 is 11.3 Å². The van der Waals surface area contributed by atoms with Gasteiger partial charge in [0.2, 0.25) is 5.91 Å². The van der Waals surface area contributed by atoms with E-state index in [2.05, 4.69) is 30.7 Å². The topological polar surface area (TPSA) is 46.3 Å². The van der Waals surface area contributed by atoms with E-state index in [9.17, 15) is 4.79 Å². The summed E-state index contributed by atoms with van der Waals surface area (Å²) in [5.74, 6) is 0.374. The molecule has 0 aromatic carbocycles. The van der Waals surface area contributed by atoms with E-state index in [1.807, 2.05) is 4.90 Å². The highest BCUT2D eigenvalue weighted by Crippen LogP contribution is 2.30. The number of rotatable bonds is 6. The molecule has 1 aliphatic carbocycles. The molecule has 1 heterocycles. The van der Waals surface area contributed by atoms with E-state index in [4.69, 9.17) is 5.73 Å². The van der Waals surface area contributed by atoms with Crippen LogP contribution < -0.4 is 5.73 Å². The number of thiophene rings is 1. The van der Waals surface area contributed by atoms with Gasteiger partial charge in [-0.2, -0.15) is 11.3 Å². The maximum Gasteiger partial charge on any atom is 0.240 e. The Morgan fingerprint density at radius 2 is 2.33 bits per heavy atom. The molecule has 18 heavy (non-hydrogen) atoms. The summed E-state index contributed by atoms with van der Waals surface area (Å²) < 4.78 is 0. The van der Waals surface area contributed by atoms with Crippen molar-refractivity contribution >= 4 is 17.2 Å². The molecule has 2 atom stereocenters. The van der Waals surface area contributed by atoms with Crippen molar-refractivity contribution in [2.45, 2.75) is 51.7 Å². The van der Waals surface area contributed by atoms with Gasteiger partial charge in [0.25, 0.3) is 0 Å². The standard InChI is InChI=1S/C14H22N2OS/c1-3-10(2)13(15)14(17)16(12-4-5-12)8-11-6-7-18-9-11/h6-7,9-10,12-13H,3-5,8,15H2,1-2H3. The van der Waals surface area contributed by atoms with Crippen molar-refractivity contribution in [3.05, 3.63) is 22.4 Å². The molecule has 100 valence electrons. The van der Waals surface area contributed by atoms with Crippen LogP contribution in [0.3, 0.4) is 0 Å². The van der Waals surface area contributed by atoms with Crippen molar-refractivity contribution in [1.29, 1.82) is 0 Å². The summed E-state index contributed by atoms with van der Waals surface area (Å²) in [6.07, 6.45) is 3.20. The molecule has 0 radical (unpaired) electrons. The zero-order chi connectivity index (χ0) is 13.1. The van der Waals surface area contributed by atoms with Crippen molar-refractivity contribution < 1.29 is 4.79 Å². The van der Waals surface area contributed by atoms with Crippen LogP contribution in [0, 0.1) is 5.92 Å². The Labute approximate surface area is 113 Å². The highest BCUT2D eigenvalue weighted by atomic mass is 32.1. The van der Waals surface area contributed by atoms with E-state index in [0.717, 1.165) is 25.8 Å². The highest BCUT2D eigenvalue weighted by Gasteiger charge is 2.35. The lowest BCUT2D eigenvalue weighted by atomic mass is 9.98. The molecular formula is C14H22N2OS. The third-order valence-corrected chi connectivity index (χ3v) is 4.48. The van der Waals surface area contributed by atoms with E-state index in [-0.39, 0.29) is 17.9 Å². The van der Waals surface area contributed by atoms with Gasteiger partial charge >= 0.3 is 0 Å². The first kappa shape index (κ1) is 13.6. The third-order valence-electron chi connectivity index (χ3n) is 3.75. The maximum absolute atomic E-state index is 12.5. The zero-order valence-electron chi connectivity index (χ0n) is 11.1. The highest BCUT2D eigenvalue weighted by molar-refractivity contribution is 7.07. The summed E-state index contributed by atoms with van der Waals surface area (Å²) in [6, 6.07) is 2.16.